The SMILES string of the molecule is Cc1ccc(S(C)(=O)=O)cc1NC(=O)Cn1nnn(-c2cccs2)c1=O. The third kappa shape index (κ3) is 3.73. The average Bonchev–Trinajstić information content (AvgIpc) is 3.19. The van der Waals surface area contributed by atoms with Crippen LogP contribution in [-0.2, 0) is 21.2 Å². The van der Waals surface area contributed by atoms with Crippen LogP contribution in [0.3, 0.4) is 0 Å². The molecule has 0 spiro atoms. The first-order valence-electron chi connectivity index (χ1n) is 7.43. The van der Waals surface area contributed by atoms with Crippen molar-refractivity contribution in [3.05, 3.63) is 51.8 Å². The van der Waals surface area contributed by atoms with Gasteiger partial charge in [0.05, 0.1) is 4.90 Å². The summed E-state index contributed by atoms with van der Waals surface area (Å²) in [5.41, 5.74) is 0.515. The second kappa shape index (κ2) is 6.84. The molecule has 0 aliphatic heterocycles. The van der Waals surface area contributed by atoms with Crippen molar-refractivity contribution in [3.8, 4) is 5.00 Å². The molecule has 136 valence electrons. The van der Waals surface area contributed by atoms with Crippen LogP contribution in [0.1, 0.15) is 5.56 Å². The number of hydrogen-bond donors (Lipinski definition) is 1. The van der Waals surface area contributed by atoms with Gasteiger partial charge in [0.1, 0.15) is 11.5 Å². The van der Waals surface area contributed by atoms with E-state index in [1.807, 2.05) is 0 Å². The van der Waals surface area contributed by atoms with Gasteiger partial charge in [-0.05, 0) is 52.6 Å². The van der Waals surface area contributed by atoms with Crippen molar-refractivity contribution in [3.63, 3.8) is 0 Å². The predicted octanol–water partition coefficient (Wildman–Crippen LogP) is 0.841. The minimum absolute atomic E-state index is 0.0965. The van der Waals surface area contributed by atoms with Crippen molar-refractivity contribution in [1.29, 1.82) is 0 Å². The molecule has 0 saturated carbocycles. The molecule has 26 heavy (non-hydrogen) atoms. The molecule has 0 fully saturated rings. The number of carbonyl (C=O) groups excluding carboxylic acids is 1. The van der Waals surface area contributed by atoms with Gasteiger partial charge < -0.3 is 5.32 Å². The van der Waals surface area contributed by atoms with Gasteiger partial charge in [0.25, 0.3) is 0 Å². The largest absolute Gasteiger partial charge is 0.369 e. The normalized spacial score (nSPS) is 11.5. The van der Waals surface area contributed by atoms with E-state index in [4.69, 9.17) is 0 Å². The second-order valence-corrected chi connectivity index (χ2v) is 8.52. The standard InChI is InChI=1S/C15H15N5O4S2/c1-10-5-6-11(26(2,23)24)8-12(10)16-13(21)9-19-15(22)20(18-17-19)14-4-3-7-25-14/h3-8H,9H2,1-2H3,(H,16,21). The van der Waals surface area contributed by atoms with E-state index in [1.165, 1.54) is 23.5 Å². The number of anilines is 1. The molecule has 1 amide bonds. The average molecular weight is 393 g/mol. The summed E-state index contributed by atoms with van der Waals surface area (Å²) in [5, 5.41) is 12.4. The lowest BCUT2D eigenvalue weighted by atomic mass is 10.2. The summed E-state index contributed by atoms with van der Waals surface area (Å²) in [6, 6.07) is 7.94. The first kappa shape index (κ1) is 18.0. The van der Waals surface area contributed by atoms with Crippen LogP contribution in [0.5, 0.6) is 0 Å². The van der Waals surface area contributed by atoms with E-state index in [1.54, 1.807) is 30.5 Å². The third-order valence-electron chi connectivity index (χ3n) is 3.56. The van der Waals surface area contributed by atoms with Gasteiger partial charge in [-0.3, -0.25) is 4.79 Å². The molecule has 3 rings (SSSR count). The fourth-order valence-corrected chi connectivity index (χ4v) is 3.51. The first-order valence-corrected chi connectivity index (χ1v) is 10.2. The number of benzene rings is 1. The van der Waals surface area contributed by atoms with Crippen LogP contribution in [0.4, 0.5) is 5.69 Å². The third-order valence-corrected chi connectivity index (χ3v) is 5.51. The van der Waals surface area contributed by atoms with Crippen LogP contribution < -0.4 is 11.0 Å². The molecular formula is C15H15N5O4S2. The van der Waals surface area contributed by atoms with Crippen LogP contribution in [0.15, 0.2) is 45.4 Å². The Morgan fingerprint density at radius 3 is 2.69 bits per heavy atom. The van der Waals surface area contributed by atoms with Gasteiger partial charge >= 0.3 is 5.69 Å². The van der Waals surface area contributed by atoms with Gasteiger partial charge in [-0.1, -0.05) is 6.07 Å². The number of hydrogen-bond acceptors (Lipinski definition) is 7. The highest BCUT2D eigenvalue weighted by atomic mass is 32.2. The second-order valence-electron chi connectivity index (χ2n) is 5.58. The maximum atomic E-state index is 12.3. The topological polar surface area (TPSA) is 116 Å². The van der Waals surface area contributed by atoms with Crippen molar-refractivity contribution in [2.75, 3.05) is 11.6 Å². The van der Waals surface area contributed by atoms with Gasteiger partial charge in [-0.25, -0.2) is 13.2 Å². The van der Waals surface area contributed by atoms with E-state index in [0.717, 1.165) is 15.6 Å². The zero-order chi connectivity index (χ0) is 18.9. The smallest absolute Gasteiger partial charge is 0.324 e. The molecule has 0 unspecified atom stereocenters. The summed E-state index contributed by atoms with van der Waals surface area (Å²) in [4.78, 5) is 24.6. The zero-order valence-electron chi connectivity index (χ0n) is 13.9. The Morgan fingerprint density at radius 2 is 2.04 bits per heavy atom. The van der Waals surface area contributed by atoms with Gasteiger partial charge in [0.15, 0.2) is 9.84 Å². The number of amides is 1. The summed E-state index contributed by atoms with van der Waals surface area (Å²) in [6.45, 7) is 1.40. The van der Waals surface area contributed by atoms with E-state index >= 15 is 0 Å². The molecule has 11 heteroatoms. The quantitative estimate of drug-likeness (QED) is 0.687. The van der Waals surface area contributed by atoms with Crippen LogP contribution in [-0.4, -0.2) is 40.4 Å². The monoisotopic (exact) mass is 393 g/mol. The summed E-state index contributed by atoms with van der Waals surface area (Å²) in [6.07, 6.45) is 1.09. The predicted molar refractivity (Wildman–Crippen MR) is 96.4 cm³/mol. The molecule has 0 saturated heterocycles. The molecular weight excluding hydrogens is 378 g/mol. The highest BCUT2D eigenvalue weighted by Crippen LogP contribution is 2.20. The molecule has 0 bridgehead atoms. The molecule has 2 heterocycles. The number of tetrazole rings is 1. The van der Waals surface area contributed by atoms with Crippen molar-refractivity contribution in [2.45, 2.75) is 18.4 Å². The van der Waals surface area contributed by atoms with Crippen LogP contribution in [0.25, 0.3) is 5.00 Å². The zero-order valence-corrected chi connectivity index (χ0v) is 15.5. The van der Waals surface area contributed by atoms with Crippen molar-refractivity contribution in [2.24, 2.45) is 0 Å². The number of aryl methyl sites for hydroxylation is 1. The Kier molecular flexibility index (Phi) is 4.74. The number of thiophene rings is 1. The van der Waals surface area contributed by atoms with Crippen molar-refractivity contribution >= 4 is 32.8 Å². The Bertz CT molecular complexity index is 1110. The minimum Gasteiger partial charge on any atom is -0.324 e. The molecule has 0 aliphatic rings. The number of nitrogens with one attached hydrogen (secondary N) is 1. The molecule has 1 aromatic carbocycles. The fraction of sp³-hybridized carbons (Fsp3) is 0.200. The molecule has 3 aromatic rings. The van der Waals surface area contributed by atoms with Crippen molar-refractivity contribution in [1.82, 2.24) is 19.8 Å². The lowest BCUT2D eigenvalue weighted by Crippen LogP contribution is -2.29. The molecule has 1 N–H and O–H groups in total. The van der Waals surface area contributed by atoms with Gasteiger partial charge in [0.2, 0.25) is 5.91 Å². The molecule has 0 aliphatic carbocycles. The Hall–Kier alpha value is -2.79. The highest BCUT2D eigenvalue weighted by Gasteiger charge is 2.15. The molecule has 9 nitrogen and oxygen atoms in total. The number of sulfone groups is 1. The van der Waals surface area contributed by atoms with E-state index < -0.39 is 21.4 Å². The maximum absolute atomic E-state index is 12.3. The molecule has 2 aromatic heterocycles. The highest BCUT2D eigenvalue weighted by molar-refractivity contribution is 7.90. The van der Waals surface area contributed by atoms with Crippen LogP contribution in [0, 0.1) is 6.92 Å². The van der Waals surface area contributed by atoms with E-state index in [9.17, 15) is 18.0 Å². The van der Waals surface area contributed by atoms with Crippen LogP contribution in [0.2, 0.25) is 0 Å². The lowest BCUT2D eigenvalue weighted by molar-refractivity contribution is -0.117. The lowest BCUT2D eigenvalue weighted by Gasteiger charge is -2.09. The number of aromatic nitrogens is 4. The summed E-state index contributed by atoms with van der Waals surface area (Å²) in [7, 11) is -3.40. The van der Waals surface area contributed by atoms with E-state index in [0.29, 0.717) is 16.3 Å². The van der Waals surface area contributed by atoms with E-state index in [-0.39, 0.29) is 11.4 Å². The Labute approximate surface area is 152 Å². The summed E-state index contributed by atoms with van der Waals surface area (Å²) < 4.78 is 25.3. The van der Waals surface area contributed by atoms with Gasteiger partial charge in [-0.15, -0.1) is 11.3 Å². The van der Waals surface area contributed by atoms with Crippen LogP contribution >= 0.6 is 11.3 Å². The van der Waals surface area contributed by atoms with E-state index in [2.05, 4.69) is 15.7 Å². The molecule has 0 radical (unpaired) electrons. The molecule has 0 atom stereocenters. The fourth-order valence-electron chi connectivity index (χ4n) is 2.19. The first-order chi connectivity index (χ1) is 12.3. The minimum atomic E-state index is -3.40. The summed E-state index contributed by atoms with van der Waals surface area (Å²) in [5.74, 6) is -0.515. The van der Waals surface area contributed by atoms with Crippen molar-refractivity contribution < 1.29 is 13.2 Å². The Morgan fingerprint density at radius 1 is 1.27 bits per heavy atom. The summed E-state index contributed by atoms with van der Waals surface area (Å²) >= 11 is 1.32. The van der Waals surface area contributed by atoms with Gasteiger partial charge in [0, 0.05) is 11.9 Å². The number of nitrogens with zero attached hydrogens (tertiary/aromatic N) is 4. The number of carbonyl (C=O) groups is 1. The maximum Gasteiger partial charge on any atom is 0.369 e. The Balaban J connectivity index is 1.79. The number of rotatable bonds is 5. The van der Waals surface area contributed by atoms with Gasteiger partial charge in [-0.2, -0.15) is 9.36 Å².